The molecule has 0 spiro atoms. The van der Waals surface area contributed by atoms with Gasteiger partial charge in [-0.15, -0.1) is 11.3 Å². The minimum atomic E-state index is -4.38. The van der Waals surface area contributed by atoms with Gasteiger partial charge in [0.05, 0.1) is 5.01 Å². The molecule has 0 amide bonds. The summed E-state index contributed by atoms with van der Waals surface area (Å²) in [7, 11) is 3.40. The van der Waals surface area contributed by atoms with E-state index >= 15 is 0 Å². The highest BCUT2D eigenvalue weighted by atomic mass is 32.1. The van der Waals surface area contributed by atoms with Gasteiger partial charge in [0.25, 0.3) is 0 Å². The fourth-order valence-corrected chi connectivity index (χ4v) is 3.65. The second-order valence-electron chi connectivity index (χ2n) is 6.32. The number of methoxy groups -OCH3 is 1. The van der Waals surface area contributed by atoms with Gasteiger partial charge in [0.1, 0.15) is 0 Å². The Morgan fingerprint density at radius 3 is 2.68 bits per heavy atom. The number of guanidine groups is 1. The van der Waals surface area contributed by atoms with E-state index in [4.69, 9.17) is 4.74 Å². The molecule has 0 saturated heterocycles. The van der Waals surface area contributed by atoms with Gasteiger partial charge in [-0.2, -0.15) is 13.2 Å². The number of alkyl halides is 3. The Kier molecular flexibility index (Phi) is 7.06. The molecule has 142 valence electrons. The SMILES string of the molecule is CN=C(NCCc1nc(C(F)(F)F)cs1)NCC1(CCOC)CCC1. The monoisotopic (exact) mass is 378 g/mol. The summed E-state index contributed by atoms with van der Waals surface area (Å²) >= 11 is 1.03. The number of aromatic nitrogens is 1. The van der Waals surface area contributed by atoms with Crippen molar-refractivity contribution in [1.29, 1.82) is 0 Å². The maximum atomic E-state index is 12.5. The standard InChI is InChI=1S/C16H25F3N4OS/c1-20-14(22-11-15(5-3-6-15)7-9-24-2)21-8-4-13-23-12(10-25-13)16(17,18)19/h10H,3-9,11H2,1-2H3,(H2,20,21,22). The van der Waals surface area contributed by atoms with Crippen LogP contribution in [0, 0.1) is 5.41 Å². The minimum absolute atomic E-state index is 0.268. The van der Waals surface area contributed by atoms with Gasteiger partial charge in [0, 0.05) is 45.7 Å². The maximum absolute atomic E-state index is 12.5. The van der Waals surface area contributed by atoms with Gasteiger partial charge in [-0.05, 0) is 24.7 Å². The van der Waals surface area contributed by atoms with Crippen LogP contribution in [0.15, 0.2) is 10.4 Å². The Morgan fingerprint density at radius 2 is 2.16 bits per heavy atom. The Balaban J connectivity index is 1.74. The third-order valence-electron chi connectivity index (χ3n) is 4.58. The third-order valence-corrected chi connectivity index (χ3v) is 5.49. The highest BCUT2D eigenvalue weighted by molar-refractivity contribution is 7.09. The second-order valence-corrected chi connectivity index (χ2v) is 7.27. The van der Waals surface area contributed by atoms with Crippen LogP contribution < -0.4 is 10.6 Å². The Bertz CT molecular complexity index is 570. The van der Waals surface area contributed by atoms with E-state index < -0.39 is 11.9 Å². The van der Waals surface area contributed by atoms with E-state index in [-0.39, 0.29) is 5.41 Å². The van der Waals surface area contributed by atoms with Crippen molar-refractivity contribution in [3.05, 3.63) is 16.1 Å². The van der Waals surface area contributed by atoms with E-state index in [1.54, 1.807) is 14.2 Å². The zero-order chi connectivity index (χ0) is 18.3. The van der Waals surface area contributed by atoms with Gasteiger partial charge in [-0.3, -0.25) is 4.99 Å². The lowest BCUT2D eigenvalue weighted by Crippen LogP contribution is -2.47. The highest BCUT2D eigenvalue weighted by Crippen LogP contribution is 2.43. The van der Waals surface area contributed by atoms with Crippen molar-refractivity contribution in [2.24, 2.45) is 10.4 Å². The number of hydrogen-bond donors (Lipinski definition) is 2. The first kappa shape index (κ1) is 20.0. The summed E-state index contributed by atoms with van der Waals surface area (Å²) in [6.45, 7) is 2.06. The molecule has 0 aromatic carbocycles. The molecule has 0 atom stereocenters. The molecule has 1 saturated carbocycles. The van der Waals surface area contributed by atoms with Crippen molar-refractivity contribution in [2.75, 3.05) is 33.9 Å². The predicted octanol–water partition coefficient (Wildman–Crippen LogP) is 3.08. The van der Waals surface area contributed by atoms with Crippen LogP contribution in [0.3, 0.4) is 0 Å². The molecule has 25 heavy (non-hydrogen) atoms. The molecular weight excluding hydrogens is 353 g/mol. The summed E-state index contributed by atoms with van der Waals surface area (Å²) in [6, 6.07) is 0. The summed E-state index contributed by atoms with van der Waals surface area (Å²) < 4.78 is 42.8. The van der Waals surface area contributed by atoms with Crippen LogP contribution in [0.4, 0.5) is 13.2 Å². The van der Waals surface area contributed by atoms with E-state index in [1.807, 2.05) is 0 Å². The summed E-state index contributed by atoms with van der Waals surface area (Å²) in [5.41, 5.74) is -0.551. The molecule has 1 heterocycles. The second kappa shape index (κ2) is 8.84. The molecule has 1 aliphatic carbocycles. The zero-order valence-electron chi connectivity index (χ0n) is 14.6. The van der Waals surface area contributed by atoms with Gasteiger partial charge in [0.2, 0.25) is 0 Å². The molecule has 2 N–H and O–H groups in total. The van der Waals surface area contributed by atoms with Crippen molar-refractivity contribution in [3.63, 3.8) is 0 Å². The van der Waals surface area contributed by atoms with Crippen LogP contribution in [0.25, 0.3) is 0 Å². The third kappa shape index (κ3) is 5.85. The number of nitrogens with zero attached hydrogens (tertiary/aromatic N) is 2. The van der Waals surface area contributed by atoms with Crippen LogP contribution >= 0.6 is 11.3 Å². The molecular formula is C16H25F3N4OS. The van der Waals surface area contributed by atoms with Gasteiger partial charge in [-0.1, -0.05) is 6.42 Å². The van der Waals surface area contributed by atoms with E-state index in [0.29, 0.717) is 23.9 Å². The molecule has 1 fully saturated rings. The molecule has 0 unspecified atom stereocenters. The maximum Gasteiger partial charge on any atom is 0.434 e. The smallest absolute Gasteiger partial charge is 0.385 e. The van der Waals surface area contributed by atoms with Crippen molar-refractivity contribution in [2.45, 2.75) is 38.3 Å². The number of halogens is 3. The van der Waals surface area contributed by atoms with E-state index in [9.17, 15) is 13.2 Å². The van der Waals surface area contributed by atoms with Gasteiger partial charge < -0.3 is 15.4 Å². The molecule has 0 bridgehead atoms. The molecule has 0 aliphatic heterocycles. The average molecular weight is 378 g/mol. The highest BCUT2D eigenvalue weighted by Gasteiger charge is 2.36. The van der Waals surface area contributed by atoms with Crippen LogP contribution in [0.5, 0.6) is 0 Å². The van der Waals surface area contributed by atoms with E-state index in [1.165, 1.54) is 19.3 Å². The van der Waals surface area contributed by atoms with Crippen LogP contribution in [0.2, 0.25) is 0 Å². The first-order chi connectivity index (χ1) is 11.9. The number of nitrogens with one attached hydrogen (secondary N) is 2. The summed E-state index contributed by atoms with van der Waals surface area (Å²) in [6.07, 6.45) is 0.671. The molecule has 1 aliphatic rings. The summed E-state index contributed by atoms with van der Waals surface area (Å²) in [5, 5.41) is 7.98. The first-order valence-corrected chi connectivity index (χ1v) is 9.21. The average Bonchev–Trinajstić information content (AvgIpc) is 3.01. The number of aliphatic imine (C=N–C) groups is 1. The lowest BCUT2D eigenvalue weighted by atomic mass is 9.67. The van der Waals surface area contributed by atoms with Crippen molar-refractivity contribution < 1.29 is 17.9 Å². The molecule has 1 aromatic heterocycles. The predicted molar refractivity (Wildman–Crippen MR) is 93.0 cm³/mol. The Hall–Kier alpha value is -1.35. The quantitative estimate of drug-likeness (QED) is 0.539. The van der Waals surface area contributed by atoms with E-state index in [0.717, 1.165) is 36.3 Å². The largest absolute Gasteiger partial charge is 0.434 e. The number of ether oxygens (including phenoxy) is 1. The number of thiazole rings is 1. The molecule has 5 nitrogen and oxygen atoms in total. The molecule has 2 rings (SSSR count). The van der Waals surface area contributed by atoms with Gasteiger partial charge >= 0.3 is 6.18 Å². The molecule has 0 radical (unpaired) electrons. The zero-order valence-corrected chi connectivity index (χ0v) is 15.4. The van der Waals surface area contributed by atoms with Crippen LogP contribution in [-0.2, 0) is 17.3 Å². The lowest BCUT2D eigenvalue weighted by Gasteiger charge is -2.42. The Morgan fingerprint density at radius 1 is 1.40 bits per heavy atom. The van der Waals surface area contributed by atoms with Crippen LogP contribution in [-0.4, -0.2) is 44.8 Å². The summed E-state index contributed by atoms with van der Waals surface area (Å²) in [5.74, 6) is 0.663. The van der Waals surface area contributed by atoms with Crippen molar-refractivity contribution in [3.8, 4) is 0 Å². The van der Waals surface area contributed by atoms with Gasteiger partial charge in [0.15, 0.2) is 11.7 Å². The molecule has 1 aromatic rings. The number of rotatable bonds is 8. The first-order valence-electron chi connectivity index (χ1n) is 8.34. The van der Waals surface area contributed by atoms with Crippen molar-refractivity contribution in [1.82, 2.24) is 15.6 Å². The Labute approximate surface area is 150 Å². The molecule has 9 heteroatoms. The summed E-state index contributed by atoms with van der Waals surface area (Å²) in [4.78, 5) is 7.80. The normalized spacial score (nSPS) is 17.2. The minimum Gasteiger partial charge on any atom is -0.385 e. The van der Waals surface area contributed by atoms with Gasteiger partial charge in [-0.25, -0.2) is 4.98 Å². The topological polar surface area (TPSA) is 58.5 Å². The fourth-order valence-electron chi connectivity index (χ4n) is 2.85. The van der Waals surface area contributed by atoms with E-state index in [2.05, 4.69) is 20.6 Å². The van der Waals surface area contributed by atoms with Crippen LogP contribution in [0.1, 0.15) is 36.4 Å². The number of hydrogen-bond acceptors (Lipinski definition) is 4. The fraction of sp³-hybridized carbons (Fsp3) is 0.750. The lowest BCUT2D eigenvalue weighted by molar-refractivity contribution is -0.140. The van der Waals surface area contributed by atoms with Crippen molar-refractivity contribution >= 4 is 17.3 Å².